The number of ether oxygens (including phenoxy) is 4. The highest BCUT2D eigenvalue weighted by atomic mass is 16.5. The first-order valence-electron chi connectivity index (χ1n) is 7.94. The minimum atomic E-state index is -0.0545. The predicted molar refractivity (Wildman–Crippen MR) is 95.0 cm³/mol. The van der Waals surface area contributed by atoms with Gasteiger partial charge in [0.2, 0.25) is 0 Å². The van der Waals surface area contributed by atoms with Gasteiger partial charge in [-0.05, 0) is 42.0 Å². The third kappa shape index (κ3) is 3.45. The molecule has 0 atom stereocenters. The molecule has 3 rings (SSSR count). The van der Waals surface area contributed by atoms with Crippen molar-refractivity contribution < 1.29 is 23.7 Å². The first kappa shape index (κ1) is 16.9. The molecule has 1 aliphatic heterocycles. The highest BCUT2D eigenvalue weighted by Gasteiger charge is 2.22. The third-order valence-corrected chi connectivity index (χ3v) is 4.10. The molecule has 0 saturated heterocycles. The zero-order valence-electron chi connectivity index (χ0n) is 14.5. The second-order valence-corrected chi connectivity index (χ2v) is 5.57. The van der Waals surface area contributed by atoms with Crippen LogP contribution in [0.4, 0.5) is 0 Å². The van der Waals surface area contributed by atoms with E-state index in [1.54, 1.807) is 39.5 Å². The van der Waals surface area contributed by atoms with Crippen LogP contribution in [0.3, 0.4) is 0 Å². The highest BCUT2D eigenvalue weighted by Crippen LogP contribution is 2.32. The van der Waals surface area contributed by atoms with Gasteiger partial charge in [0.15, 0.2) is 17.3 Å². The molecule has 0 saturated carbocycles. The lowest BCUT2D eigenvalue weighted by atomic mass is 9.98. The largest absolute Gasteiger partial charge is 0.497 e. The zero-order chi connectivity index (χ0) is 17.8. The summed E-state index contributed by atoms with van der Waals surface area (Å²) < 4.78 is 21.5. The summed E-state index contributed by atoms with van der Waals surface area (Å²) in [5.74, 6) is 2.43. The SMILES string of the molecule is COc1ccc2c(c1)C(=O)/C(=C\c1ccc(OC)c(OC)c1)CCO2. The molecule has 1 heterocycles. The van der Waals surface area contributed by atoms with Crippen LogP contribution in [0.5, 0.6) is 23.0 Å². The van der Waals surface area contributed by atoms with Crippen LogP contribution in [0.2, 0.25) is 0 Å². The monoisotopic (exact) mass is 340 g/mol. The Morgan fingerprint density at radius 1 is 0.960 bits per heavy atom. The highest BCUT2D eigenvalue weighted by molar-refractivity contribution is 6.13. The van der Waals surface area contributed by atoms with Crippen LogP contribution < -0.4 is 18.9 Å². The molecule has 1 aliphatic rings. The van der Waals surface area contributed by atoms with Gasteiger partial charge in [-0.15, -0.1) is 0 Å². The molecule has 0 bridgehead atoms. The summed E-state index contributed by atoms with van der Waals surface area (Å²) in [7, 11) is 4.75. The Morgan fingerprint density at radius 3 is 2.48 bits per heavy atom. The van der Waals surface area contributed by atoms with Gasteiger partial charge in [0.1, 0.15) is 11.5 Å². The number of ketones is 1. The van der Waals surface area contributed by atoms with Gasteiger partial charge >= 0.3 is 0 Å². The van der Waals surface area contributed by atoms with Gasteiger partial charge in [-0.1, -0.05) is 6.07 Å². The fraction of sp³-hybridized carbons (Fsp3) is 0.250. The van der Waals surface area contributed by atoms with E-state index in [2.05, 4.69) is 0 Å². The Bertz CT molecular complexity index is 823. The van der Waals surface area contributed by atoms with Crippen molar-refractivity contribution in [3.05, 3.63) is 53.1 Å². The molecule has 0 aromatic heterocycles. The Balaban J connectivity index is 1.99. The molecule has 0 N–H and O–H groups in total. The van der Waals surface area contributed by atoms with Crippen molar-refractivity contribution in [2.45, 2.75) is 6.42 Å². The standard InChI is InChI=1S/C20H20O5/c1-22-15-5-7-17-16(12-15)20(21)14(8-9-25-17)10-13-4-6-18(23-2)19(11-13)24-3/h4-7,10-12H,8-9H2,1-3H3/b14-10-. The minimum Gasteiger partial charge on any atom is -0.497 e. The average molecular weight is 340 g/mol. The maximum Gasteiger partial charge on any atom is 0.193 e. The third-order valence-electron chi connectivity index (χ3n) is 4.10. The van der Waals surface area contributed by atoms with Crippen molar-refractivity contribution in [3.8, 4) is 23.0 Å². The topological polar surface area (TPSA) is 54.0 Å². The summed E-state index contributed by atoms with van der Waals surface area (Å²) in [5.41, 5.74) is 2.06. The second kappa shape index (κ2) is 7.30. The molecule has 0 spiro atoms. The fourth-order valence-electron chi connectivity index (χ4n) is 2.78. The van der Waals surface area contributed by atoms with E-state index in [0.29, 0.717) is 47.2 Å². The molecular weight excluding hydrogens is 320 g/mol. The molecule has 0 fully saturated rings. The van der Waals surface area contributed by atoms with Crippen molar-refractivity contribution in [3.63, 3.8) is 0 Å². The average Bonchev–Trinajstić information content (AvgIpc) is 2.80. The maximum absolute atomic E-state index is 12.9. The Morgan fingerprint density at radius 2 is 1.76 bits per heavy atom. The van der Waals surface area contributed by atoms with E-state index in [-0.39, 0.29) is 5.78 Å². The number of methoxy groups -OCH3 is 3. The summed E-state index contributed by atoms with van der Waals surface area (Å²) in [6, 6.07) is 10.8. The molecular formula is C20H20O5. The molecule has 0 unspecified atom stereocenters. The molecule has 0 aliphatic carbocycles. The van der Waals surface area contributed by atoms with E-state index in [9.17, 15) is 4.79 Å². The minimum absolute atomic E-state index is 0.0545. The van der Waals surface area contributed by atoms with Crippen molar-refractivity contribution in [2.24, 2.45) is 0 Å². The van der Waals surface area contributed by atoms with Crippen LogP contribution >= 0.6 is 0 Å². The fourth-order valence-corrected chi connectivity index (χ4v) is 2.78. The van der Waals surface area contributed by atoms with Crippen molar-refractivity contribution in [2.75, 3.05) is 27.9 Å². The molecule has 130 valence electrons. The molecule has 2 aromatic carbocycles. The van der Waals surface area contributed by atoms with Gasteiger partial charge < -0.3 is 18.9 Å². The smallest absolute Gasteiger partial charge is 0.193 e. The van der Waals surface area contributed by atoms with Crippen LogP contribution in [-0.4, -0.2) is 33.7 Å². The van der Waals surface area contributed by atoms with Crippen LogP contribution in [0.15, 0.2) is 42.0 Å². The summed E-state index contributed by atoms with van der Waals surface area (Å²) in [5, 5.41) is 0. The summed E-state index contributed by atoms with van der Waals surface area (Å²) >= 11 is 0. The second-order valence-electron chi connectivity index (χ2n) is 5.57. The summed E-state index contributed by atoms with van der Waals surface area (Å²) in [6.45, 7) is 0.449. The molecule has 25 heavy (non-hydrogen) atoms. The molecule has 0 amide bonds. The summed E-state index contributed by atoms with van der Waals surface area (Å²) in [6.07, 6.45) is 2.40. The molecule has 2 aromatic rings. The number of Topliss-reactive ketones (excluding diaryl/α,β-unsaturated/α-hetero) is 1. The number of carbonyl (C=O) groups excluding carboxylic acids is 1. The lowest BCUT2D eigenvalue weighted by Gasteiger charge is -2.09. The molecule has 5 heteroatoms. The van der Waals surface area contributed by atoms with E-state index in [1.807, 2.05) is 24.3 Å². The van der Waals surface area contributed by atoms with E-state index in [4.69, 9.17) is 18.9 Å². The Kier molecular flexibility index (Phi) is 4.93. The van der Waals surface area contributed by atoms with Gasteiger partial charge in [-0.2, -0.15) is 0 Å². The lowest BCUT2D eigenvalue weighted by molar-refractivity contribution is 0.103. The van der Waals surface area contributed by atoms with Crippen LogP contribution in [0.1, 0.15) is 22.3 Å². The quantitative estimate of drug-likeness (QED) is 0.793. The Hall–Kier alpha value is -2.95. The van der Waals surface area contributed by atoms with Gasteiger partial charge in [-0.25, -0.2) is 0 Å². The predicted octanol–water partition coefficient (Wildman–Crippen LogP) is 3.76. The van der Waals surface area contributed by atoms with Crippen LogP contribution in [0.25, 0.3) is 6.08 Å². The van der Waals surface area contributed by atoms with Crippen molar-refractivity contribution in [1.29, 1.82) is 0 Å². The van der Waals surface area contributed by atoms with Gasteiger partial charge in [0.05, 0.1) is 33.5 Å². The number of rotatable bonds is 4. The number of carbonyl (C=O) groups is 1. The first-order chi connectivity index (χ1) is 12.2. The van der Waals surface area contributed by atoms with Gasteiger partial charge in [0.25, 0.3) is 0 Å². The number of hydrogen-bond acceptors (Lipinski definition) is 5. The van der Waals surface area contributed by atoms with Crippen molar-refractivity contribution >= 4 is 11.9 Å². The van der Waals surface area contributed by atoms with E-state index >= 15 is 0 Å². The van der Waals surface area contributed by atoms with E-state index in [1.165, 1.54) is 0 Å². The van der Waals surface area contributed by atoms with Crippen LogP contribution in [-0.2, 0) is 0 Å². The number of hydrogen-bond donors (Lipinski definition) is 0. The van der Waals surface area contributed by atoms with Crippen molar-refractivity contribution in [1.82, 2.24) is 0 Å². The van der Waals surface area contributed by atoms with E-state index < -0.39 is 0 Å². The summed E-state index contributed by atoms with van der Waals surface area (Å²) in [4.78, 5) is 12.9. The van der Waals surface area contributed by atoms with Gasteiger partial charge in [0, 0.05) is 12.0 Å². The number of benzene rings is 2. The Labute approximate surface area is 146 Å². The van der Waals surface area contributed by atoms with Gasteiger partial charge in [-0.3, -0.25) is 4.79 Å². The maximum atomic E-state index is 12.9. The normalized spacial score (nSPS) is 15.2. The molecule has 0 radical (unpaired) electrons. The zero-order valence-corrected chi connectivity index (χ0v) is 14.5. The van der Waals surface area contributed by atoms with E-state index in [0.717, 1.165) is 5.56 Å². The lowest BCUT2D eigenvalue weighted by Crippen LogP contribution is -2.02. The first-order valence-corrected chi connectivity index (χ1v) is 7.94. The van der Waals surface area contributed by atoms with Crippen LogP contribution in [0, 0.1) is 0 Å². The number of fused-ring (bicyclic) bond motifs is 1. The molecule has 5 nitrogen and oxygen atoms in total.